The van der Waals surface area contributed by atoms with E-state index in [4.69, 9.17) is 14.6 Å². The third-order valence-electron chi connectivity index (χ3n) is 5.43. The maximum Gasteiger partial charge on any atom is 0.407 e. The van der Waals surface area contributed by atoms with Crippen LogP contribution in [0.25, 0.3) is 0 Å². The van der Waals surface area contributed by atoms with Crippen molar-refractivity contribution >= 4 is 15.9 Å². The molecule has 0 radical (unpaired) electrons. The van der Waals surface area contributed by atoms with Crippen molar-refractivity contribution in [1.82, 2.24) is 9.88 Å². The van der Waals surface area contributed by atoms with Crippen LogP contribution >= 0.6 is 0 Å². The maximum absolute atomic E-state index is 11.6. The van der Waals surface area contributed by atoms with E-state index in [1.54, 1.807) is 6.07 Å². The molecule has 2 aliphatic rings. The lowest BCUT2D eigenvalue weighted by Gasteiger charge is -2.35. The molecule has 156 valence electrons. The van der Waals surface area contributed by atoms with E-state index in [1.165, 1.54) is 11.1 Å². The van der Waals surface area contributed by atoms with Gasteiger partial charge < -0.3 is 19.5 Å². The minimum atomic E-state index is -3.32. The summed E-state index contributed by atoms with van der Waals surface area (Å²) in [6, 6.07) is 1.54. The average molecular weight is 413 g/mol. The molecule has 0 bridgehead atoms. The fraction of sp³-hybridized carbons (Fsp3) is 0.684. The molecule has 1 aliphatic heterocycles. The Morgan fingerprint density at radius 3 is 2.21 bits per heavy atom. The summed E-state index contributed by atoms with van der Waals surface area (Å²) in [7, 11) is -3.32. The molecule has 0 spiro atoms. The number of ether oxygens (including phenoxy) is 2. The SMILES string of the molecule is Cc1cc(S(C)(=O)=O)ncc1OC1CCC(OC2CCN(C(=O)O)CC2)CC1. The number of aryl methyl sites for hydroxylation is 1. The predicted molar refractivity (Wildman–Crippen MR) is 102 cm³/mol. The summed E-state index contributed by atoms with van der Waals surface area (Å²) in [5, 5.41) is 9.07. The van der Waals surface area contributed by atoms with Gasteiger partial charge in [-0.25, -0.2) is 18.2 Å². The second-order valence-electron chi connectivity index (χ2n) is 7.68. The zero-order chi connectivity index (χ0) is 20.3. The molecule has 8 nitrogen and oxygen atoms in total. The van der Waals surface area contributed by atoms with Crippen molar-refractivity contribution in [3.63, 3.8) is 0 Å². The monoisotopic (exact) mass is 412 g/mol. The van der Waals surface area contributed by atoms with E-state index in [0.29, 0.717) is 18.8 Å². The van der Waals surface area contributed by atoms with Gasteiger partial charge in [0.05, 0.1) is 24.5 Å². The third kappa shape index (κ3) is 5.35. The molecule has 1 amide bonds. The van der Waals surface area contributed by atoms with Gasteiger partial charge in [-0.1, -0.05) is 0 Å². The Morgan fingerprint density at radius 2 is 1.68 bits per heavy atom. The quantitative estimate of drug-likeness (QED) is 0.792. The van der Waals surface area contributed by atoms with E-state index in [1.807, 2.05) is 6.92 Å². The highest BCUT2D eigenvalue weighted by molar-refractivity contribution is 7.90. The minimum Gasteiger partial charge on any atom is -0.489 e. The normalized spacial score (nSPS) is 24.1. The van der Waals surface area contributed by atoms with Crippen LogP contribution in [0.4, 0.5) is 4.79 Å². The second kappa shape index (κ2) is 8.65. The van der Waals surface area contributed by atoms with Crippen LogP contribution < -0.4 is 4.74 Å². The van der Waals surface area contributed by atoms with E-state index in [-0.39, 0.29) is 23.3 Å². The molecule has 28 heavy (non-hydrogen) atoms. The molecule has 0 atom stereocenters. The number of nitrogens with zero attached hydrogens (tertiary/aromatic N) is 2. The van der Waals surface area contributed by atoms with Crippen LogP contribution in [-0.4, -0.2) is 67.2 Å². The molecule has 1 aromatic rings. The van der Waals surface area contributed by atoms with Gasteiger partial charge in [0, 0.05) is 19.3 Å². The van der Waals surface area contributed by atoms with Gasteiger partial charge in [-0.15, -0.1) is 0 Å². The summed E-state index contributed by atoms with van der Waals surface area (Å²) in [4.78, 5) is 16.4. The Kier molecular flexibility index (Phi) is 6.44. The molecule has 2 fully saturated rings. The van der Waals surface area contributed by atoms with E-state index < -0.39 is 15.9 Å². The first-order valence-electron chi connectivity index (χ1n) is 9.69. The Bertz CT molecular complexity index is 797. The van der Waals surface area contributed by atoms with Crippen molar-refractivity contribution in [2.24, 2.45) is 0 Å². The highest BCUT2D eigenvalue weighted by Crippen LogP contribution is 2.29. The number of carboxylic acid groups (broad SMARTS) is 1. The van der Waals surface area contributed by atoms with E-state index in [0.717, 1.165) is 50.3 Å². The number of sulfone groups is 1. The summed E-state index contributed by atoms with van der Waals surface area (Å²) in [5.74, 6) is 0.623. The third-order valence-corrected chi connectivity index (χ3v) is 6.41. The van der Waals surface area contributed by atoms with Crippen molar-refractivity contribution < 1.29 is 27.8 Å². The van der Waals surface area contributed by atoms with Crippen LogP contribution in [-0.2, 0) is 14.6 Å². The van der Waals surface area contributed by atoms with Gasteiger partial charge in [0.2, 0.25) is 0 Å². The van der Waals surface area contributed by atoms with Gasteiger partial charge in [-0.3, -0.25) is 0 Å². The van der Waals surface area contributed by atoms with Crippen LogP contribution in [0.2, 0.25) is 0 Å². The number of pyridine rings is 1. The first kappa shape index (κ1) is 20.9. The van der Waals surface area contributed by atoms with Crippen molar-refractivity contribution in [2.75, 3.05) is 19.3 Å². The van der Waals surface area contributed by atoms with Crippen molar-refractivity contribution in [3.8, 4) is 5.75 Å². The second-order valence-corrected chi connectivity index (χ2v) is 9.64. The van der Waals surface area contributed by atoms with Crippen LogP contribution in [0.3, 0.4) is 0 Å². The van der Waals surface area contributed by atoms with E-state index in [9.17, 15) is 13.2 Å². The summed E-state index contributed by atoms with van der Waals surface area (Å²) >= 11 is 0. The molecular formula is C19H28N2O6S. The van der Waals surface area contributed by atoms with Gasteiger partial charge in [0.15, 0.2) is 14.9 Å². The molecule has 1 aliphatic carbocycles. The van der Waals surface area contributed by atoms with Gasteiger partial charge in [0.25, 0.3) is 0 Å². The number of piperidine rings is 1. The summed E-state index contributed by atoms with van der Waals surface area (Å²) < 4.78 is 35.4. The van der Waals surface area contributed by atoms with Gasteiger partial charge in [0.1, 0.15) is 5.75 Å². The Hall–Kier alpha value is -1.87. The van der Waals surface area contributed by atoms with Crippen molar-refractivity contribution in [1.29, 1.82) is 0 Å². The topological polar surface area (TPSA) is 106 Å². The fourth-order valence-electron chi connectivity index (χ4n) is 3.76. The predicted octanol–water partition coefficient (Wildman–Crippen LogP) is 2.64. The smallest absolute Gasteiger partial charge is 0.407 e. The number of carbonyl (C=O) groups is 1. The Labute approximate surface area is 165 Å². The number of hydrogen-bond acceptors (Lipinski definition) is 6. The average Bonchev–Trinajstić information content (AvgIpc) is 2.64. The molecule has 9 heteroatoms. The van der Waals surface area contributed by atoms with Gasteiger partial charge in [-0.2, -0.15) is 0 Å². The standard InChI is InChI=1S/C19H28N2O6S/c1-13-11-18(28(2,24)25)20-12-17(13)27-15-5-3-14(4-6-15)26-16-7-9-21(10-8-16)19(22)23/h11-12,14-16H,3-10H2,1-2H3,(H,22,23). The molecule has 2 heterocycles. The molecule has 1 N–H and O–H groups in total. The Balaban J connectivity index is 1.45. The number of hydrogen-bond donors (Lipinski definition) is 1. The van der Waals surface area contributed by atoms with E-state index in [2.05, 4.69) is 4.98 Å². The molecule has 3 rings (SSSR count). The number of amides is 1. The molecule has 1 saturated heterocycles. The Morgan fingerprint density at radius 1 is 1.11 bits per heavy atom. The highest BCUT2D eigenvalue weighted by atomic mass is 32.2. The van der Waals surface area contributed by atoms with Crippen LogP contribution in [0.5, 0.6) is 5.75 Å². The molecule has 0 aromatic carbocycles. The first-order chi connectivity index (χ1) is 13.2. The van der Waals surface area contributed by atoms with Crippen molar-refractivity contribution in [2.45, 2.75) is 68.8 Å². The van der Waals surface area contributed by atoms with Crippen molar-refractivity contribution in [3.05, 3.63) is 17.8 Å². The maximum atomic E-state index is 11.6. The fourth-order valence-corrected chi connectivity index (χ4v) is 4.40. The van der Waals surface area contributed by atoms with E-state index >= 15 is 0 Å². The lowest BCUT2D eigenvalue weighted by Crippen LogP contribution is -2.41. The summed E-state index contributed by atoms with van der Waals surface area (Å²) in [5.41, 5.74) is 0.763. The van der Waals surface area contributed by atoms with Crippen LogP contribution in [0.15, 0.2) is 17.3 Å². The summed E-state index contributed by atoms with van der Waals surface area (Å²) in [6.07, 6.45) is 7.20. The number of aromatic nitrogens is 1. The number of rotatable bonds is 5. The minimum absolute atomic E-state index is 0.0587. The molecular weight excluding hydrogens is 384 g/mol. The lowest BCUT2D eigenvalue weighted by atomic mass is 9.94. The largest absolute Gasteiger partial charge is 0.489 e. The number of likely N-dealkylation sites (tertiary alicyclic amines) is 1. The molecule has 1 aromatic heterocycles. The molecule has 0 unspecified atom stereocenters. The van der Waals surface area contributed by atoms with Crippen LogP contribution in [0, 0.1) is 6.92 Å². The highest BCUT2D eigenvalue weighted by Gasteiger charge is 2.28. The first-order valence-corrected chi connectivity index (χ1v) is 11.6. The summed E-state index contributed by atoms with van der Waals surface area (Å²) in [6.45, 7) is 2.90. The van der Waals surface area contributed by atoms with Crippen LogP contribution in [0.1, 0.15) is 44.1 Å². The zero-order valence-electron chi connectivity index (χ0n) is 16.3. The lowest BCUT2D eigenvalue weighted by molar-refractivity contribution is -0.0641. The zero-order valence-corrected chi connectivity index (χ0v) is 17.2. The molecule has 1 saturated carbocycles. The van der Waals surface area contributed by atoms with Gasteiger partial charge in [-0.05, 0) is 57.1 Å². The van der Waals surface area contributed by atoms with Gasteiger partial charge >= 0.3 is 6.09 Å².